The monoisotopic (exact) mass is 472 g/mol. The van der Waals surface area contributed by atoms with Crippen LogP contribution in [0.4, 0.5) is 0 Å². The van der Waals surface area contributed by atoms with Crippen molar-refractivity contribution in [3.8, 4) is 22.8 Å². The second-order valence-electron chi connectivity index (χ2n) is 6.71. The summed E-state index contributed by atoms with van der Waals surface area (Å²) < 4.78 is 8.53. The molecule has 1 heterocycles. The molecule has 1 N–H and O–H groups in total. The lowest BCUT2D eigenvalue weighted by Crippen LogP contribution is -2.27. The molecule has 0 saturated heterocycles. The van der Waals surface area contributed by atoms with Crippen LogP contribution in [0.15, 0.2) is 58.2 Å². The summed E-state index contributed by atoms with van der Waals surface area (Å²) in [6.45, 7) is 2.58. The highest BCUT2D eigenvalue weighted by atomic mass is 79.9. The molecule has 150 valence electrons. The van der Waals surface area contributed by atoms with E-state index in [4.69, 9.17) is 4.74 Å². The van der Waals surface area contributed by atoms with Gasteiger partial charge in [0.15, 0.2) is 11.0 Å². The summed E-state index contributed by atoms with van der Waals surface area (Å²) in [5.41, 5.74) is 1.87. The van der Waals surface area contributed by atoms with E-state index in [1.54, 1.807) is 0 Å². The van der Waals surface area contributed by atoms with Crippen LogP contribution in [0.25, 0.3) is 17.1 Å². The van der Waals surface area contributed by atoms with Crippen molar-refractivity contribution in [2.75, 3.05) is 12.4 Å². The van der Waals surface area contributed by atoms with Crippen molar-refractivity contribution >= 4 is 33.6 Å². The zero-order valence-corrected chi connectivity index (χ0v) is 18.4. The zero-order valence-electron chi connectivity index (χ0n) is 16.0. The maximum Gasteiger partial charge on any atom is 0.230 e. The normalized spacial score (nSPS) is 13.3. The molecule has 0 aliphatic heterocycles. The molecule has 0 atom stereocenters. The highest BCUT2D eigenvalue weighted by Crippen LogP contribution is 2.30. The van der Waals surface area contributed by atoms with Crippen molar-refractivity contribution in [2.45, 2.75) is 31.0 Å². The standard InChI is InChI=1S/C21H21BrN4O2S/c1-2-28-18-11-9-17(10-12-18)26-20(14-3-5-15(22)6-4-14)24-25-21(26)29-13-19(27)23-16-7-8-16/h3-6,9-12,16H,2,7-8,13H2,1H3,(H,23,27). The summed E-state index contributed by atoms with van der Waals surface area (Å²) in [4.78, 5) is 12.1. The molecular weight excluding hydrogens is 452 g/mol. The molecule has 0 radical (unpaired) electrons. The predicted molar refractivity (Wildman–Crippen MR) is 118 cm³/mol. The van der Waals surface area contributed by atoms with Gasteiger partial charge in [0.05, 0.1) is 12.4 Å². The summed E-state index contributed by atoms with van der Waals surface area (Å²) in [5.74, 6) is 1.88. The van der Waals surface area contributed by atoms with Crippen LogP contribution in [-0.4, -0.2) is 39.1 Å². The number of hydrogen-bond acceptors (Lipinski definition) is 5. The Bertz CT molecular complexity index is 985. The largest absolute Gasteiger partial charge is 0.494 e. The number of nitrogens with zero attached hydrogens (tertiary/aromatic N) is 3. The molecule has 3 aromatic rings. The SMILES string of the molecule is CCOc1ccc(-n2c(SCC(=O)NC3CC3)nnc2-c2ccc(Br)cc2)cc1. The lowest BCUT2D eigenvalue weighted by atomic mass is 10.2. The van der Waals surface area contributed by atoms with E-state index in [0.29, 0.717) is 23.6 Å². The average Bonchev–Trinajstić information content (AvgIpc) is 3.44. The summed E-state index contributed by atoms with van der Waals surface area (Å²) in [6.07, 6.45) is 2.15. The molecule has 29 heavy (non-hydrogen) atoms. The van der Waals surface area contributed by atoms with Crippen LogP contribution in [0, 0.1) is 0 Å². The van der Waals surface area contributed by atoms with Crippen LogP contribution < -0.4 is 10.1 Å². The Morgan fingerprint density at radius 2 is 1.90 bits per heavy atom. The van der Waals surface area contributed by atoms with Gasteiger partial charge >= 0.3 is 0 Å². The van der Waals surface area contributed by atoms with E-state index in [-0.39, 0.29) is 5.91 Å². The maximum atomic E-state index is 12.1. The molecule has 4 rings (SSSR count). The Balaban J connectivity index is 1.64. The van der Waals surface area contributed by atoms with E-state index < -0.39 is 0 Å². The fourth-order valence-corrected chi connectivity index (χ4v) is 3.89. The van der Waals surface area contributed by atoms with E-state index in [9.17, 15) is 4.79 Å². The van der Waals surface area contributed by atoms with E-state index in [1.807, 2.05) is 60.0 Å². The van der Waals surface area contributed by atoms with Crippen molar-refractivity contribution in [3.63, 3.8) is 0 Å². The Hall–Kier alpha value is -2.32. The highest BCUT2D eigenvalue weighted by molar-refractivity contribution is 9.10. The minimum atomic E-state index is 0.0314. The molecule has 8 heteroatoms. The predicted octanol–water partition coefficient (Wildman–Crippen LogP) is 4.47. The van der Waals surface area contributed by atoms with Crippen molar-refractivity contribution in [3.05, 3.63) is 53.0 Å². The summed E-state index contributed by atoms with van der Waals surface area (Å²) in [6, 6.07) is 16.1. The lowest BCUT2D eigenvalue weighted by Gasteiger charge is -2.11. The Kier molecular flexibility index (Phi) is 6.20. The smallest absolute Gasteiger partial charge is 0.230 e. The highest BCUT2D eigenvalue weighted by Gasteiger charge is 2.24. The van der Waals surface area contributed by atoms with Crippen LogP contribution >= 0.6 is 27.7 Å². The van der Waals surface area contributed by atoms with Crippen molar-refractivity contribution < 1.29 is 9.53 Å². The van der Waals surface area contributed by atoms with Crippen molar-refractivity contribution in [1.29, 1.82) is 0 Å². The van der Waals surface area contributed by atoms with Gasteiger partial charge in [-0.05, 0) is 56.2 Å². The van der Waals surface area contributed by atoms with Gasteiger partial charge in [-0.15, -0.1) is 10.2 Å². The first-order valence-electron chi connectivity index (χ1n) is 9.51. The summed E-state index contributed by atoms with van der Waals surface area (Å²) in [7, 11) is 0. The van der Waals surface area contributed by atoms with E-state index in [1.165, 1.54) is 11.8 Å². The molecule has 1 amide bonds. The molecular formula is C21H21BrN4O2S. The fourth-order valence-electron chi connectivity index (χ4n) is 2.87. The first kappa shape index (κ1) is 20.0. The molecule has 2 aromatic carbocycles. The minimum Gasteiger partial charge on any atom is -0.494 e. The molecule has 1 aliphatic carbocycles. The van der Waals surface area contributed by atoms with Gasteiger partial charge in [-0.1, -0.05) is 39.8 Å². The van der Waals surface area contributed by atoms with Crippen LogP contribution in [0.2, 0.25) is 0 Å². The number of carbonyl (C=O) groups is 1. The first-order valence-corrected chi connectivity index (χ1v) is 11.3. The Morgan fingerprint density at radius 3 is 2.55 bits per heavy atom. The number of ether oxygens (including phenoxy) is 1. The number of carbonyl (C=O) groups excluding carboxylic acids is 1. The average molecular weight is 473 g/mol. The van der Waals surface area contributed by atoms with Crippen LogP contribution in [0.3, 0.4) is 0 Å². The van der Waals surface area contributed by atoms with Crippen molar-refractivity contribution in [1.82, 2.24) is 20.1 Å². The third-order valence-corrected chi connectivity index (χ3v) is 5.87. The third-order valence-electron chi connectivity index (χ3n) is 4.42. The first-order chi connectivity index (χ1) is 14.1. The molecule has 1 aromatic heterocycles. The Labute approximate surface area is 182 Å². The number of benzene rings is 2. The quantitative estimate of drug-likeness (QED) is 0.489. The van der Waals surface area contributed by atoms with Gasteiger partial charge in [-0.2, -0.15) is 0 Å². The molecule has 1 fully saturated rings. The van der Waals surface area contributed by atoms with Crippen LogP contribution in [-0.2, 0) is 4.79 Å². The fraction of sp³-hybridized carbons (Fsp3) is 0.286. The number of halogens is 1. The third kappa shape index (κ3) is 5.00. The summed E-state index contributed by atoms with van der Waals surface area (Å²) >= 11 is 4.86. The maximum absolute atomic E-state index is 12.1. The van der Waals surface area contributed by atoms with Gasteiger partial charge in [-0.3, -0.25) is 9.36 Å². The Morgan fingerprint density at radius 1 is 1.17 bits per heavy atom. The number of nitrogens with one attached hydrogen (secondary N) is 1. The number of hydrogen-bond donors (Lipinski definition) is 1. The van der Waals surface area contributed by atoms with E-state index >= 15 is 0 Å². The minimum absolute atomic E-state index is 0.0314. The molecule has 1 saturated carbocycles. The molecule has 0 spiro atoms. The number of thioether (sulfide) groups is 1. The zero-order chi connectivity index (χ0) is 20.2. The number of rotatable bonds is 8. The second kappa shape index (κ2) is 9.00. The number of aromatic nitrogens is 3. The van der Waals surface area contributed by atoms with Gasteiger partial charge in [-0.25, -0.2) is 0 Å². The molecule has 0 unspecified atom stereocenters. The molecule has 6 nitrogen and oxygen atoms in total. The van der Waals surface area contributed by atoms with Crippen LogP contribution in [0.1, 0.15) is 19.8 Å². The second-order valence-corrected chi connectivity index (χ2v) is 8.56. The van der Waals surface area contributed by atoms with Gasteiger partial charge < -0.3 is 10.1 Å². The van der Waals surface area contributed by atoms with Gasteiger partial charge in [0.25, 0.3) is 0 Å². The lowest BCUT2D eigenvalue weighted by molar-refractivity contribution is -0.118. The number of amides is 1. The topological polar surface area (TPSA) is 69.0 Å². The van der Waals surface area contributed by atoms with Crippen LogP contribution in [0.5, 0.6) is 5.75 Å². The molecule has 1 aliphatic rings. The van der Waals surface area contributed by atoms with Crippen molar-refractivity contribution in [2.24, 2.45) is 0 Å². The van der Waals surface area contributed by atoms with Gasteiger partial charge in [0.1, 0.15) is 5.75 Å². The van der Waals surface area contributed by atoms with Gasteiger partial charge in [0, 0.05) is 21.8 Å². The molecule has 0 bridgehead atoms. The van der Waals surface area contributed by atoms with E-state index in [0.717, 1.165) is 40.1 Å². The van der Waals surface area contributed by atoms with E-state index in [2.05, 4.69) is 31.4 Å². The van der Waals surface area contributed by atoms with Gasteiger partial charge in [0.2, 0.25) is 5.91 Å². The summed E-state index contributed by atoms with van der Waals surface area (Å²) in [5, 5.41) is 12.5.